The second-order valence-electron chi connectivity index (χ2n) is 4.33. The maximum atomic E-state index is 10.9. The summed E-state index contributed by atoms with van der Waals surface area (Å²) >= 11 is 0. The number of rotatable bonds is 3. The van der Waals surface area contributed by atoms with Crippen molar-refractivity contribution < 1.29 is 9.90 Å². The predicted octanol–water partition coefficient (Wildman–Crippen LogP) is 1.23. The first-order valence-corrected chi connectivity index (χ1v) is 5.18. The standard InChI is InChI=1S/C11H19NO2/c1-3-10(13)12-8-11(14)6-4-9(2)5-7-11/h3,9,14H,1,4-8H2,2H3,(H,12,13). The Morgan fingerprint density at radius 1 is 1.64 bits per heavy atom. The molecule has 0 aromatic carbocycles. The van der Waals surface area contributed by atoms with Crippen molar-refractivity contribution in [3.8, 4) is 0 Å². The van der Waals surface area contributed by atoms with Gasteiger partial charge in [-0.1, -0.05) is 13.5 Å². The van der Waals surface area contributed by atoms with Gasteiger partial charge in [-0.25, -0.2) is 0 Å². The second kappa shape index (κ2) is 4.60. The minimum Gasteiger partial charge on any atom is -0.388 e. The van der Waals surface area contributed by atoms with Crippen LogP contribution in [-0.2, 0) is 4.79 Å². The molecule has 1 amide bonds. The normalized spacial score (nSPS) is 32.3. The highest BCUT2D eigenvalue weighted by Crippen LogP contribution is 2.31. The summed E-state index contributed by atoms with van der Waals surface area (Å²) in [5.74, 6) is 0.488. The molecule has 1 aliphatic rings. The van der Waals surface area contributed by atoms with Gasteiger partial charge in [-0.05, 0) is 37.7 Å². The van der Waals surface area contributed by atoms with Gasteiger partial charge in [0.2, 0.25) is 5.91 Å². The molecule has 0 radical (unpaired) electrons. The molecule has 0 saturated heterocycles. The molecule has 0 aromatic rings. The van der Waals surface area contributed by atoms with Crippen LogP contribution in [0.3, 0.4) is 0 Å². The molecule has 0 unspecified atom stereocenters. The number of aliphatic hydroxyl groups is 1. The Hall–Kier alpha value is -0.830. The topological polar surface area (TPSA) is 49.3 Å². The van der Waals surface area contributed by atoms with Gasteiger partial charge in [0.15, 0.2) is 0 Å². The van der Waals surface area contributed by atoms with E-state index in [0.29, 0.717) is 12.5 Å². The third kappa shape index (κ3) is 3.14. The van der Waals surface area contributed by atoms with Gasteiger partial charge in [0.25, 0.3) is 0 Å². The maximum absolute atomic E-state index is 10.9. The molecule has 1 fully saturated rings. The number of carbonyl (C=O) groups excluding carboxylic acids is 1. The van der Waals surface area contributed by atoms with E-state index in [1.54, 1.807) is 0 Å². The summed E-state index contributed by atoms with van der Waals surface area (Å²) in [7, 11) is 0. The summed E-state index contributed by atoms with van der Waals surface area (Å²) < 4.78 is 0. The number of hydrogen-bond acceptors (Lipinski definition) is 2. The lowest BCUT2D eigenvalue weighted by Crippen LogP contribution is -2.44. The first-order valence-electron chi connectivity index (χ1n) is 5.18. The molecule has 14 heavy (non-hydrogen) atoms. The Bertz CT molecular complexity index is 217. The number of hydrogen-bond donors (Lipinski definition) is 2. The van der Waals surface area contributed by atoms with Crippen molar-refractivity contribution in [3.63, 3.8) is 0 Å². The molecule has 2 N–H and O–H groups in total. The van der Waals surface area contributed by atoms with Crippen LogP contribution < -0.4 is 5.32 Å². The summed E-state index contributed by atoms with van der Waals surface area (Å²) in [6, 6.07) is 0. The zero-order chi connectivity index (χ0) is 10.6. The zero-order valence-electron chi connectivity index (χ0n) is 8.75. The smallest absolute Gasteiger partial charge is 0.243 e. The molecule has 0 aromatic heterocycles. The van der Waals surface area contributed by atoms with E-state index in [1.165, 1.54) is 6.08 Å². The van der Waals surface area contributed by atoms with Crippen LogP contribution in [0.4, 0.5) is 0 Å². The van der Waals surface area contributed by atoms with E-state index in [9.17, 15) is 9.90 Å². The van der Waals surface area contributed by atoms with Crippen LogP contribution in [0.15, 0.2) is 12.7 Å². The van der Waals surface area contributed by atoms with Crippen LogP contribution >= 0.6 is 0 Å². The SMILES string of the molecule is C=CC(=O)NCC1(O)CCC(C)CC1. The molecule has 0 heterocycles. The average molecular weight is 197 g/mol. The molecule has 0 aliphatic heterocycles. The van der Waals surface area contributed by atoms with Crippen LogP contribution in [0, 0.1) is 5.92 Å². The van der Waals surface area contributed by atoms with Gasteiger partial charge >= 0.3 is 0 Å². The summed E-state index contributed by atoms with van der Waals surface area (Å²) in [5, 5.41) is 12.7. The van der Waals surface area contributed by atoms with Crippen molar-refractivity contribution in [2.45, 2.75) is 38.2 Å². The van der Waals surface area contributed by atoms with E-state index in [4.69, 9.17) is 0 Å². The van der Waals surface area contributed by atoms with Gasteiger partial charge in [-0.15, -0.1) is 0 Å². The van der Waals surface area contributed by atoms with Crippen molar-refractivity contribution in [1.29, 1.82) is 0 Å². The number of amides is 1. The van der Waals surface area contributed by atoms with E-state index in [2.05, 4.69) is 18.8 Å². The van der Waals surface area contributed by atoms with Crippen molar-refractivity contribution >= 4 is 5.91 Å². The van der Waals surface area contributed by atoms with Crippen molar-refractivity contribution in [2.24, 2.45) is 5.92 Å². The Morgan fingerprint density at radius 2 is 2.21 bits per heavy atom. The molecular formula is C11H19NO2. The maximum Gasteiger partial charge on any atom is 0.243 e. The Balaban J connectivity index is 2.35. The summed E-state index contributed by atoms with van der Waals surface area (Å²) in [6.07, 6.45) is 4.88. The minimum absolute atomic E-state index is 0.211. The molecule has 1 aliphatic carbocycles. The van der Waals surface area contributed by atoms with Crippen LogP contribution in [0.25, 0.3) is 0 Å². The molecule has 0 bridgehead atoms. The second-order valence-corrected chi connectivity index (χ2v) is 4.33. The van der Waals surface area contributed by atoms with Crippen LogP contribution in [-0.4, -0.2) is 23.2 Å². The fourth-order valence-electron chi connectivity index (χ4n) is 1.80. The number of nitrogens with one attached hydrogen (secondary N) is 1. The van der Waals surface area contributed by atoms with Crippen molar-refractivity contribution in [3.05, 3.63) is 12.7 Å². The molecular weight excluding hydrogens is 178 g/mol. The van der Waals surface area contributed by atoms with Crippen molar-refractivity contribution in [2.75, 3.05) is 6.54 Å². The fraction of sp³-hybridized carbons (Fsp3) is 0.727. The highest BCUT2D eigenvalue weighted by molar-refractivity contribution is 5.86. The van der Waals surface area contributed by atoms with Gasteiger partial charge < -0.3 is 10.4 Å². The predicted molar refractivity (Wildman–Crippen MR) is 55.8 cm³/mol. The van der Waals surface area contributed by atoms with Gasteiger partial charge in [-0.2, -0.15) is 0 Å². The summed E-state index contributed by atoms with van der Waals surface area (Å²) in [5.41, 5.74) is -0.689. The molecule has 0 atom stereocenters. The summed E-state index contributed by atoms with van der Waals surface area (Å²) in [6.45, 7) is 5.91. The molecule has 1 rings (SSSR count). The number of carbonyl (C=O) groups is 1. The first-order chi connectivity index (χ1) is 6.56. The van der Waals surface area contributed by atoms with Crippen LogP contribution in [0.5, 0.6) is 0 Å². The molecule has 3 heteroatoms. The lowest BCUT2D eigenvalue weighted by atomic mass is 9.79. The highest BCUT2D eigenvalue weighted by atomic mass is 16.3. The fourth-order valence-corrected chi connectivity index (χ4v) is 1.80. The van der Waals surface area contributed by atoms with Gasteiger partial charge in [0.1, 0.15) is 0 Å². The lowest BCUT2D eigenvalue weighted by molar-refractivity contribution is -0.118. The van der Waals surface area contributed by atoms with Gasteiger partial charge in [0.05, 0.1) is 5.60 Å². The average Bonchev–Trinajstić information content (AvgIpc) is 2.20. The first kappa shape index (κ1) is 11.2. The molecule has 1 saturated carbocycles. The molecule has 0 spiro atoms. The highest BCUT2D eigenvalue weighted by Gasteiger charge is 2.31. The van der Waals surface area contributed by atoms with Crippen molar-refractivity contribution in [1.82, 2.24) is 5.32 Å². The third-order valence-corrected chi connectivity index (χ3v) is 2.98. The van der Waals surface area contributed by atoms with E-state index < -0.39 is 5.60 Å². The molecule has 80 valence electrons. The minimum atomic E-state index is -0.689. The quantitative estimate of drug-likeness (QED) is 0.668. The van der Waals surface area contributed by atoms with E-state index in [-0.39, 0.29) is 5.91 Å². The Labute approximate surface area is 85.2 Å². The third-order valence-electron chi connectivity index (χ3n) is 2.98. The van der Waals surface area contributed by atoms with Gasteiger partial charge in [-0.3, -0.25) is 4.79 Å². The molecule has 3 nitrogen and oxygen atoms in total. The monoisotopic (exact) mass is 197 g/mol. The van der Waals surface area contributed by atoms with Crippen LogP contribution in [0.1, 0.15) is 32.6 Å². The van der Waals surface area contributed by atoms with Gasteiger partial charge in [0, 0.05) is 6.54 Å². The largest absolute Gasteiger partial charge is 0.388 e. The lowest BCUT2D eigenvalue weighted by Gasteiger charge is -2.34. The van der Waals surface area contributed by atoms with E-state index in [0.717, 1.165) is 25.7 Å². The Kier molecular flexibility index (Phi) is 3.69. The Morgan fingerprint density at radius 3 is 2.71 bits per heavy atom. The van der Waals surface area contributed by atoms with E-state index in [1.807, 2.05) is 0 Å². The summed E-state index contributed by atoms with van der Waals surface area (Å²) in [4.78, 5) is 10.9. The van der Waals surface area contributed by atoms with Crippen LogP contribution in [0.2, 0.25) is 0 Å². The zero-order valence-corrected chi connectivity index (χ0v) is 8.75. The van der Waals surface area contributed by atoms with E-state index >= 15 is 0 Å².